The maximum Gasteiger partial charge on any atom is 0.340 e. The van der Waals surface area contributed by atoms with E-state index in [9.17, 15) is 4.79 Å². The minimum absolute atomic E-state index is 0.270. The highest BCUT2D eigenvalue weighted by atomic mass is 16.5. The molecule has 1 aromatic heterocycles. The molecule has 1 aliphatic rings. The molecule has 0 amide bonds. The SMILES string of the molecule is COc1cccc(-c2cnc3c(c2)C(=O)OC3)c1. The second kappa shape index (κ2) is 4.14. The van der Waals surface area contributed by atoms with Crippen LogP contribution >= 0.6 is 0 Å². The molecular formula is C14H11NO3. The second-order valence-corrected chi connectivity index (χ2v) is 4.03. The monoisotopic (exact) mass is 241 g/mol. The van der Waals surface area contributed by atoms with Crippen molar-refractivity contribution in [1.29, 1.82) is 0 Å². The van der Waals surface area contributed by atoms with Crippen molar-refractivity contribution in [3.8, 4) is 16.9 Å². The number of carbonyl (C=O) groups excluding carboxylic acids is 1. The normalized spacial score (nSPS) is 13.1. The Kier molecular flexibility index (Phi) is 2.48. The molecule has 0 fully saturated rings. The van der Waals surface area contributed by atoms with Gasteiger partial charge in [-0.2, -0.15) is 0 Å². The highest BCUT2D eigenvalue weighted by Gasteiger charge is 2.22. The lowest BCUT2D eigenvalue weighted by atomic mass is 10.0. The van der Waals surface area contributed by atoms with E-state index in [0.717, 1.165) is 16.9 Å². The summed E-state index contributed by atoms with van der Waals surface area (Å²) >= 11 is 0. The molecule has 1 aromatic carbocycles. The molecule has 0 unspecified atom stereocenters. The van der Waals surface area contributed by atoms with Gasteiger partial charge in [-0.15, -0.1) is 0 Å². The average Bonchev–Trinajstić information content (AvgIpc) is 2.80. The number of benzene rings is 1. The van der Waals surface area contributed by atoms with Gasteiger partial charge in [0.25, 0.3) is 0 Å². The van der Waals surface area contributed by atoms with Crippen LogP contribution in [0.2, 0.25) is 0 Å². The lowest BCUT2D eigenvalue weighted by Crippen LogP contribution is -1.95. The van der Waals surface area contributed by atoms with Crippen molar-refractivity contribution in [2.75, 3.05) is 7.11 Å². The van der Waals surface area contributed by atoms with Crippen LogP contribution < -0.4 is 4.74 Å². The lowest BCUT2D eigenvalue weighted by Gasteiger charge is -2.05. The fraction of sp³-hybridized carbons (Fsp3) is 0.143. The van der Waals surface area contributed by atoms with Gasteiger partial charge in [0.05, 0.1) is 18.4 Å². The third-order valence-corrected chi connectivity index (χ3v) is 2.93. The van der Waals surface area contributed by atoms with Gasteiger partial charge in [-0.05, 0) is 23.8 Å². The Morgan fingerprint density at radius 3 is 3.00 bits per heavy atom. The summed E-state index contributed by atoms with van der Waals surface area (Å²) in [6.07, 6.45) is 1.75. The number of rotatable bonds is 2. The molecular weight excluding hydrogens is 230 g/mol. The van der Waals surface area contributed by atoms with Gasteiger partial charge in [0, 0.05) is 11.8 Å². The quantitative estimate of drug-likeness (QED) is 0.758. The maximum absolute atomic E-state index is 11.5. The van der Waals surface area contributed by atoms with E-state index in [1.54, 1.807) is 13.3 Å². The minimum Gasteiger partial charge on any atom is -0.497 e. The van der Waals surface area contributed by atoms with Crippen LogP contribution in [0.5, 0.6) is 5.75 Å². The highest BCUT2D eigenvalue weighted by molar-refractivity contribution is 5.94. The van der Waals surface area contributed by atoms with Crippen LogP contribution in [0, 0.1) is 0 Å². The van der Waals surface area contributed by atoms with E-state index < -0.39 is 0 Å². The van der Waals surface area contributed by atoms with E-state index >= 15 is 0 Å². The summed E-state index contributed by atoms with van der Waals surface area (Å²) in [7, 11) is 1.62. The van der Waals surface area contributed by atoms with E-state index in [2.05, 4.69) is 4.98 Å². The zero-order valence-corrected chi connectivity index (χ0v) is 9.84. The topological polar surface area (TPSA) is 48.4 Å². The zero-order valence-electron chi connectivity index (χ0n) is 9.84. The lowest BCUT2D eigenvalue weighted by molar-refractivity contribution is 0.0533. The Hall–Kier alpha value is -2.36. The Morgan fingerprint density at radius 1 is 1.28 bits per heavy atom. The third-order valence-electron chi connectivity index (χ3n) is 2.93. The fourth-order valence-corrected chi connectivity index (χ4v) is 1.96. The van der Waals surface area contributed by atoms with E-state index in [1.165, 1.54) is 0 Å². The summed E-state index contributed by atoms with van der Waals surface area (Å²) in [6, 6.07) is 9.45. The maximum atomic E-state index is 11.5. The van der Waals surface area contributed by atoms with Crippen molar-refractivity contribution in [1.82, 2.24) is 4.98 Å². The minimum atomic E-state index is -0.303. The van der Waals surface area contributed by atoms with E-state index in [-0.39, 0.29) is 12.6 Å². The number of ether oxygens (including phenoxy) is 2. The number of hydrogen-bond acceptors (Lipinski definition) is 4. The van der Waals surface area contributed by atoms with E-state index in [0.29, 0.717) is 11.3 Å². The zero-order chi connectivity index (χ0) is 12.5. The first-order valence-corrected chi connectivity index (χ1v) is 5.58. The highest BCUT2D eigenvalue weighted by Crippen LogP contribution is 2.27. The molecule has 4 heteroatoms. The average molecular weight is 241 g/mol. The summed E-state index contributed by atoms with van der Waals surface area (Å²) in [5.74, 6) is 0.470. The summed E-state index contributed by atoms with van der Waals surface area (Å²) in [5.41, 5.74) is 3.10. The molecule has 1 aliphatic heterocycles. The first kappa shape index (κ1) is 10.8. The number of methoxy groups -OCH3 is 1. The largest absolute Gasteiger partial charge is 0.497 e. The predicted octanol–water partition coefficient (Wildman–Crippen LogP) is 2.43. The molecule has 0 N–H and O–H groups in total. The first-order chi connectivity index (χ1) is 8.78. The standard InChI is InChI=1S/C14H11NO3/c1-17-11-4-2-3-9(5-11)10-6-12-13(15-7-10)8-18-14(12)16/h2-7H,8H2,1H3. The fourth-order valence-electron chi connectivity index (χ4n) is 1.96. The Labute approximate surface area is 104 Å². The van der Waals surface area contributed by atoms with Gasteiger partial charge in [-0.25, -0.2) is 4.79 Å². The molecule has 0 saturated carbocycles. The molecule has 0 bridgehead atoms. The summed E-state index contributed by atoms with van der Waals surface area (Å²) in [4.78, 5) is 15.7. The van der Waals surface area contributed by atoms with Crippen molar-refractivity contribution in [3.05, 3.63) is 47.8 Å². The van der Waals surface area contributed by atoms with E-state index in [4.69, 9.17) is 9.47 Å². The molecule has 0 aliphatic carbocycles. The Morgan fingerprint density at radius 2 is 2.17 bits per heavy atom. The van der Waals surface area contributed by atoms with Gasteiger partial charge in [0.2, 0.25) is 0 Å². The molecule has 2 heterocycles. The molecule has 18 heavy (non-hydrogen) atoms. The van der Waals surface area contributed by atoms with Gasteiger partial charge in [-0.1, -0.05) is 12.1 Å². The van der Waals surface area contributed by atoms with Crippen LogP contribution in [0.15, 0.2) is 36.5 Å². The first-order valence-electron chi connectivity index (χ1n) is 5.58. The van der Waals surface area contributed by atoms with Crippen LogP contribution in [0.3, 0.4) is 0 Å². The number of aromatic nitrogens is 1. The molecule has 0 saturated heterocycles. The van der Waals surface area contributed by atoms with Gasteiger partial charge in [0.15, 0.2) is 0 Å². The van der Waals surface area contributed by atoms with Crippen molar-refractivity contribution >= 4 is 5.97 Å². The number of fused-ring (bicyclic) bond motifs is 1. The van der Waals surface area contributed by atoms with Crippen LogP contribution in [0.25, 0.3) is 11.1 Å². The molecule has 2 aromatic rings. The van der Waals surface area contributed by atoms with Crippen LogP contribution in [-0.4, -0.2) is 18.1 Å². The van der Waals surface area contributed by atoms with Crippen molar-refractivity contribution in [2.24, 2.45) is 0 Å². The predicted molar refractivity (Wildman–Crippen MR) is 65.3 cm³/mol. The van der Waals surface area contributed by atoms with Crippen LogP contribution in [0.1, 0.15) is 16.1 Å². The van der Waals surface area contributed by atoms with Gasteiger partial charge in [0.1, 0.15) is 12.4 Å². The van der Waals surface area contributed by atoms with Crippen LogP contribution in [0.4, 0.5) is 0 Å². The molecule has 3 rings (SSSR count). The van der Waals surface area contributed by atoms with Gasteiger partial charge >= 0.3 is 5.97 Å². The summed E-state index contributed by atoms with van der Waals surface area (Å²) < 4.78 is 10.1. The number of hydrogen-bond donors (Lipinski definition) is 0. The van der Waals surface area contributed by atoms with E-state index in [1.807, 2.05) is 30.3 Å². The van der Waals surface area contributed by atoms with Crippen molar-refractivity contribution in [3.63, 3.8) is 0 Å². The number of carbonyl (C=O) groups is 1. The van der Waals surface area contributed by atoms with Crippen molar-refractivity contribution in [2.45, 2.75) is 6.61 Å². The summed E-state index contributed by atoms with van der Waals surface area (Å²) in [5, 5.41) is 0. The molecule has 0 spiro atoms. The second-order valence-electron chi connectivity index (χ2n) is 4.03. The number of pyridine rings is 1. The molecule has 90 valence electrons. The Balaban J connectivity index is 2.07. The smallest absolute Gasteiger partial charge is 0.340 e. The van der Waals surface area contributed by atoms with Crippen LogP contribution in [-0.2, 0) is 11.3 Å². The van der Waals surface area contributed by atoms with Gasteiger partial charge in [-0.3, -0.25) is 4.98 Å². The molecule has 0 radical (unpaired) electrons. The number of nitrogens with zero attached hydrogens (tertiary/aromatic N) is 1. The number of esters is 1. The molecule has 0 atom stereocenters. The Bertz CT molecular complexity index is 622. The number of cyclic esters (lactones) is 1. The molecule has 4 nitrogen and oxygen atoms in total. The third kappa shape index (κ3) is 1.72. The van der Waals surface area contributed by atoms with Gasteiger partial charge < -0.3 is 9.47 Å². The summed E-state index contributed by atoms with van der Waals surface area (Å²) in [6.45, 7) is 0.270. The van der Waals surface area contributed by atoms with Crippen molar-refractivity contribution < 1.29 is 14.3 Å².